The Kier molecular flexibility index (Phi) is 7.47. The van der Waals surface area contributed by atoms with Crippen LogP contribution in [0, 0.1) is 0 Å². The number of amides is 2. The first-order valence-electron chi connectivity index (χ1n) is 10.2. The lowest BCUT2D eigenvalue weighted by molar-refractivity contribution is -0.137. The average Bonchev–Trinajstić information content (AvgIpc) is 2.83. The number of carbonyl (C=O) groups excluding carboxylic acids is 3. The molecule has 0 aliphatic carbocycles. The number of nitrogens with two attached hydrogens (primary N) is 1. The maximum atomic E-state index is 12.7. The molecule has 0 saturated carbocycles. The third kappa shape index (κ3) is 6.08. The molecule has 6 nitrogen and oxygen atoms in total. The first-order valence-corrected chi connectivity index (χ1v) is 10.2. The Hall–Kier alpha value is -3.98. The van der Waals surface area contributed by atoms with Gasteiger partial charge in [0.2, 0.25) is 5.91 Å². The number of rotatable bonds is 8. The molecule has 0 aliphatic heterocycles. The molecule has 0 unspecified atom stereocenters. The molecule has 0 fully saturated rings. The van der Waals surface area contributed by atoms with E-state index in [-0.39, 0.29) is 17.8 Å². The van der Waals surface area contributed by atoms with E-state index in [0.29, 0.717) is 16.7 Å². The van der Waals surface area contributed by atoms with Gasteiger partial charge in [0.25, 0.3) is 5.91 Å². The fourth-order valence-electron chi connectivity index (χ4n) is 3.26. The Morgan fingerprint density at radius 1 is 0.853 bits per heavy atom. The van der Waals surface area contributed by atoms with E-state index in [4.69, 9.17) is 5.73 Å². The number of ketones is 1. The molecule has 0 spiro atoms. The van der Waals surface area contributed by atoms with Gasteiger partial charge in [-0.3, -0.25) is 14.4 Å². The topological polar surface area (TPSA) is 109 Å². The van der Waals surface area contributed by atoms with Crippen LogP contribution in [0.1, 0.15) is 38.7 Å². The van der Waals surface area contributed by atoms with Crippen LogP contribution in [0.3, 0.4) is 0 Å². The van der Waals surface area contributed by atoms with Crippen molar-refractivity contribution in [2.75, 3.05) is 0 Å². The highest BCUT2D eigenvalue weighted by molar-refractivity contribution is 6.08. The lowest BCUT2D eigenvalue weighted by Crippen LogP contribution is -2.47. The predicted octanol–water partition coefficient (Wildman–Crippen LogP) is 3.18. The van der Waals surface area contributed by atoms with Gasteiger partial charge >= 0.3 is 6.18 Å². The molecule has 9 heteroatoms. The summed E-state index contributed by atoms with van der Waals surface area (Å²) in [4.78, 5) is 36.8. The maximum Gasteiger partial charge on any atom is 0.416 e. The smallest absolute Gasteiger partial charge is 0.378 e. The zero-order valence-corrected chi connectivity index (χ0v) is 17.8. The minimum Gasteiger partial charge on any atom is -0.378 e. The van der Waals surface area contributed by atoms with Crippen molar-refractivity contribution in [2.45, 2.75) is 24.7 Å². The van der Waals surface area contributed by atoms with Gasteiger partial charge in [-0.25, -0.2) is 0 Å². The fourth-order valence-corrected chi connectivity index (χ4v) is 3.26. The van der Waals surface area contributed by atoms with Gasteiger partial charge in [0.05, 0.1) is 5.56 Å². The molecule has 0 bridgehead atoms. The number of halogens is 3. The van der Waals surface area contributed by atoms with Crippen molar-refractivity contribution in [3.05, 3.63) is 107 Å². The van der Waals surface area contributed by atoms with Crippen LogP contribution in [0.4, 0.5) is 13.2 Å². The van der Waals surface area contributed by atoms with E-state index in [2.05, 4.69) is 5.32 Å². The Morgan fingerprint density at radius 3 is 1.94 bits per heavy atom. The number of aliphatic hydroxyl groups excluding tert-OH is 1. The molecular weight excluding hydrogens is 449 g/mol. The summed E-state index contributed by atoms with van der Waals surface area (Å²) in [5.74, 6) is -2.02. The number of carbonyl (C=O) groups is 3. The molecule has 0 saturated heterocycles. The van der Waals surface area contributed by atoms with Gasteiger partial charge in [-0.2, -0.15) is 13.2 Å². The lowest BCUT2D eigenvalue weighted by atomic mass is 9.99. The summed E-state index contributed by atoms with van der Waals surface area (Å²) in [6, 6.07) is 17.3. The number of primary amides is 1. The van der Waals surface area contributed by atoms with Crippen LogP contribution in [0.15, 0.2) is 78.9 Å². The second-order valence-electron chi connectivity index (χ2n) is 7.58. The number of alkyl halides is 3. The van der Waals surface area contributed by atoms with Gasteiger partial charge < -0.3 is 16.2 Å². The summed E-state index contributed by atoms with van der Waals surface area (Å²) >= 11 is 0. The molecule has 176 valence electrons. The van der Waals surface area contributed by atoms with E-state index in [0.717, 1.165) is 24.3 Å². The standard InChI is InChI=1S/C25H21F3N2O4/c26-25(27,28)19-12-10-18(11-13-19)22(32)24(34)30-20(23(29)33)14-15-6-8-17(9-7-15)21(31)16-4-2-1-3-5-16/h1-13,20,22,32H,14H2,(H2,29,33)(H,30,34)/t20-,22+/m1/s1. The molecule has 0 heterocycles. The van der Waals surface area contributed by atoms with Crippen LogP contribution in [0.25, 0.3) is 0 Å². The summed E-state index contributed by atoms with van der Waals surface area (Å²) in [6.07, 6.45) is -6.36. The number of aliphatic hydroxyl groups is 1. The molecule has 0 aliphatic rings. The molecule has 3 aromatic rings. The summed E-state index contributed by atoms with van der Waals surface area (Å²) in [6.45, 7) is 0. The van der Waals surface area contributed by atoms with E-state index < -0.39 is 35.7 Å². The van der Waals surface area contributed by atoms with Gasteiger partial charge in [0, 0.05) is 17.5 Å². The van der Waals surface area contributed by atoms with Crippen molar-refractivity contribution in [2.24, 2.45) is 5.73 Å². The van der Waals surface area contributed by atoms with Crippen LogP contribution in [-0.2, 0) is 22.2 Å². The van der Waals surface area contributed by atoms with Crippen LogP contribution < -0.4 is 11.1 Å². The zero-order valence-electron chi connectivity index (χ0n) is 17.8. The zero-order chi connectivity index (χ0) is 24.9. The van der Waals surface area contributed by atoms with Crippen LogP contribution >= 0.6 is 0 Å². The van der Waals surface area contributed by atoms with Crippen molar-refractivity contribution in [3.8, 4) is 0 Å². The SMILES string of the molecule is NC(=O)[C@@H](Cc1ccc(C(=O)c2ccccc2)cc1)NC(=O)[C@@H](O)c1ccc(C(F)(F)F)cc1. The van der Waals surface area contributed by atoms with Crippen molar-refractivity contribution >= 4 is 17.6 Å². The van der Waals surface area contributed by atoms with E-state index in [1.54, 1.807) is 54.6 Å². The average molecular weight is 470 g/mol. The number of hydrogen-bond donors (Lipinski definition) is 3. The predicted molar refractivity (Wildman–Crippen MR) is 118 cm³/mol. The van der Waals surface area contributed by atoms with E-state index in [9.17, 15) is 32.7 Å². The molecule has 34 heavy (non-hydrogen) atoms. The number of nitrogens with one attached hydrogen (secondary N) is 1. The first kappa shape index (κ1) is 24.7. The van der Waals surface area contributed by atoms with E-state index in [1.807, 2.05) is 0 Å². The third-order valence-corrected chi connectivity index (χ3v) is 5.15. The largest absolute Gasteiger partial charge is 0.416 e. The van der Waals surface area contributed by atoms with Gasteiger partial charge in [0.1, 0.15) is 6.04 Å². The Labute approximate surface area is 193 Å². The molecule has 2 amide bonds. The fraction of sp³-hybridized carbons (Fsp3) is 0.160. The summed E-state index contributed by atoms with van der Waals surface area (Å²) in [5.41, 5.74) is 5.94. The van der Waals surface area contributed by atoms with Crippen LogP contribution in [0.2, 0.25) is 0 Å². The second kappa shape index (κ2) is 10.3. The first-order chi connectivity index (χ1) is 16.1. The highest BCUT2D eigenvalue weighted by Crippen LogP contribution is 2.30. The Morgan fingerprint density at radius 2 is 1.41 bits per heavy atom. The molecule has 2 atom stereocenters. The van der Waals surface area contributed by atoms with Crippen molar-refractivity contribution in [3.63, 3.8) is 0 Å². The monoisotopic (exact) mass is 470 g/mol. The molecule has 0 radical (unpaired) electrons. The second-order valence-corrected chi connectivity index (χ2v) is 7.58. The normalized spacial score (nSPS) is 13.1. The quantitative estimate of drug-likeness (QED) is 0.439. The van der Waals surface area contributed by atoms with Crippen molar-refractivity contribution in [1.29, 1.82) is 0 Å². The minimum absolute atomic E-state index is 0.0133. The highest BCUT2D eigenvalue weighted by Gasteiger charge is 2.31. The molecule has 3 aromatic carbocycles. The molecular formula is C25H21F3N2O4. The van der Waals surface area contributed by atoms with Gasteiger partial charge in [-0.15, -0.1) is 0 Å². The lowest BCUT2D eigenvalue weighted by Gasteiger charge is -2.19. The molecule has 0 aromatic heterocycles. The number of hydrogen-bond acceptors (Lipinski definition) is 4. The summed E-state index contributed by atoms with van der Waals surface area (Å²) in [5, 5.41) is 12.5. The number of benzene rings is 3. The summed E-state index contributed by atoms with van der Waals surface area (Å²) < 4.78 is 38.1. The van der Waals surface area contributed by atoms with E-state index >= 15 is 0 Å². The highest BCUT2D eigenvalue weighted by atomic mass is 19.4. The van der Waals surface area contributed by atoms with Crippen molar-refractivity contribution < 1.29 is 32.7 Å². The summed E-state index contributed by atoms with van der Waals surface area (Å²) in [7, 11) is 0. The third-order valence-electron chi connectivity index (χ3n) is 5.15. The van der Waals surface area contributed by atoms with E-state index in [1.165, 1.54) is 0 Å². The Balaban J connectivity index is 1.66. The van der Waals surface area contributed by atoms with Gasteiger partial charge in [0.15, 0.2) is 11.9 Å². The molecule has 3 rings (SSSR count). The minimum atomic E-state index is -4.55. The van der Waals surface area contributed by atoms with Crippen LogP contribution in [0.5, 0.6) is 0 Å². The molecule has 4 N–H and O–H groups in total. The Bertz CT molecular complexity index is 1160. The van der Waals surface area contributed by atoms with Crippen molar-refractivity contribution in [1.82, 2.24) is 5.32 Å². The van der Waals surface area contributed by atoms with Gasteiger partial charge in [-0.1, -0.05) is 66.7 Å². The van der Waals surface area contributed by atoms with Gasteiger partial charge in [-0.05, 0) is 23.3 Å². The maximum absolute atomic E-state index is 12.7. The van der Waals surface area contributed by atoms with Crippen LogP contribution in [-0.4, -0.2) is 28.7 Å².